The molecule has 0 unspecified atom stereocenters. The number of phosphoric acid groups is 1. The molecule has 2 aromatic rings. The molecule has 0 aliphatic carbocycles. The minimum Gasteiger partial charge on any atom is -0.508 e. The van der Waals surface area contributed by atoms with Crippen LogP contribution in [0.25, 0.3) is 0 Å². The summed E-state index contributed by atoms with van der Waals surface area (Å²) in [7, 11) is -4.64. The topological polar surface area (TPSA) is 138 Å². The maximum atomic E-state index is 9.35. The highest BCUT2D eigenvalue weighted by Crippen LogP contribution is 2.25. The Balaban J connectivity index is 0.000000347. The Bertz CT molecular complexity index is 573. The number of phenolic OH excluding ortho intramolecular Hbond substituents is 1. The molecule has 0 aliphatic rings. The zero-order chi connectivity index (χ0) is 17.9. The molecule has 0 aliphatic heterocycles. The fourth-order valence-corrected chi connectivity index (χ4v) is 1.34. The van der Waals surface area contributed by atoms with Crippen LogP contribution in [0.2, 0.25) is 0 Å². The van der Waals surface area contributed by atoms with Gasteiger partial charge < -0.3 is 30.0 Å². The van der Waals surface area contributed by atoms with Gasteiger partial charge in [0.25, 0.3) is 0 Å². The van der Waals surface area contributed by atoms with Crippen LogP contribution in [0, 0.1) is 0 Å². The molecule has 0 amide bonds. The smallest absolute Gasteiger partial charge is 0.466 e. The maximum Gasteiger partial charge on any atom is 0.466 e. The molecule has 0 saturated carbocycles. The van der Waals surface area contributed by atoms with Crippen molar-refractivity contribution in [2.75, 3.05) is 0 Å². The Labute approximate surface area is 134 Å². The number of hydrogen-bond donors (Lipinski definition) is 6. The Morgan fingerprint density at radius 2 is 1.22 bits per heavy atom. The van der Waals surface area contributed by atoms with Gasteiger partial charge in [-0.2, -0.15) is 0 Å². The minimum absolute atomic E-state index is 0.303. The van der Waals surface area contributed by atoms with Gasteiger partial charge in [0.15, 0.2) is 5.79 Å². The molecular weight excluding hydrogens is 323 g/mol. The van der Waals surface area contributed by atoms with Crippen LogP contribution in [-0.4, -0.2) is 30.0 Å². The van der Waals surface area contributed by atoms with E-state index in [1.54, 1.807) is 55.5 Å². The highest BCUT2D eigenvalue weighted by atomic mass is 31.2. The minimum atomic E-state index is -4.64. The fraction of sp³-hybridized carbons (Fsp3) is 0.200. The normalized spacial score (nSPS) is 10.7. The van der Waals surface area contributed by atoms with Gasteiger partial charge in [0.2, 0.25) is 0 Å². The lowest BCUT2D eigenvalue weighted by Gasteiger charge is -2.19. The summed E-state index contributed by atoms with van der Waals surface area (Å²) < 4.78 is 8.88. The molecule has 0 heterocycles. The van der Waals surface area contributed by atoms with Gasteiger partial charge in [-0.1, -0.05) is 55.5 Å². The molecule has 2 rings (SSSR count). The fourth-order valence-electron chi connectivity index (χ4n) is 1.34. The average Bonchev–Trinajstić information content (AvgIpc) is 2.48. The standard InChI is InChI=1S/C9H12O2.C6H6O.H3O4P/c1-2-9(10,11)8-6-4-3-5-7-8;7-6-4-2-1-3-5-6;1-5(2,3)4/h3-7,10-11H,2H2,1H3;1-5,7H;(H3,1,2,3,4). The molecule has 6 N–H and O–H groups in total. The van der Waals surface area contributed by atoms with E-state index in [0.29, 0.717) is 17.7 Å². The molecule has 2 aromatic carbocycles. The lowest BCUT2D eigenvalue weighted by atomic mass is 10.0. The Morgan fingerprint density at radius 1 is 0.870 bits per heavy atom. The van der Waals surface area contributed by atoms with Crippen molar-refractivity contribution in [1.82, 2.24) is 0 Å². The van der Waals surface area contributed by atoms with Gasteiger partial charge in [-0.15, -0.1) is 0 Å². The predicted molar refractivity (Wildman–Crippen MR) is 85.2 cm³/mol. The van der Waals surface area contributed by atoms with Crippen LogP contribution in [0.3, 0.4) is 0 Å². The van der Waals surface area contributed by atoms with E-state index < -0.39 is 13.6 Å². The number of para-hydroxylation sites is 1. The van der Waals surface area contributed by atoms with E-state index in [2.05, 4.69) is 0 Å². The van der Waals surface area contributed by atoms with Crippen LogP contribution in [0.1, 0.15) is 18.9 Å². The number of rotatable bonds is 2. The zero-order valence-corrected chi connectivity index (χ0v) is 13.4. The predicted octanol–water partition coefficient (Wildman–Crippen LogP) is 1.70. The SMILES string of the molecule is CCC(O)(O)c1ccccc1.O=P(O)(O)O.Oc1ccccc1. The summed E-state index contributed by atoms with van der Waals surface area (Å²) in [6.07, 6.45) is 0.303. The van der Waals surface area contributed by atoms with Crippen molar-refractivity contribution in [1.29, 1.82) is 0 Å². The molecule has 0 radical (unpaired) electrons. The summed E-state index contributed by atoms with van der Waals surface area (Å²) in [6, 6.07) is 17.5. The van der Waals surface area contributed by atoms with Gasteiger partial charge in [0.1, 0.15) is 5.75 Å². The van der Waals surface area contributed by atoms with E-state index in [0.717, 1.165) is 0 Å². The Hall–Kier alpha value is -1.73. The molecule has 0 fully saturated rings. The second-order valence-corrected chi connectivity index (χ2v) is 5.41. The van der Waals surface area contributed by atoms with E-state index in [-0.39, 0.29) is 0 Å². The summed E-state index contributed by atoms with van der Waals surface area (Å²) in [5.74, 6) is -1.34. The van der Waals surface area contributed by atoms with Crippen molar-refractivity contribution in [2.24, 2.45) is 0 Å². The van der Waals surface area contributed by atoms with Crippen molar-refractivity contribution >= 4 is 7.82 Å². The number of benzene rings is 2. The van der Waals surface area contributed by atoms with Gasteiger partial charge in [-0.05, 0) is 12.1 Å². The van der Waals surface area contributed by atoms with E-state index in [9.17, 15) is 10.2 Å². The van der Waals surface area contributed by atoms with Crippen molar-refractivity contribution in [2.45, 2.75) is 19.1 Å². The van der Waals surface area contributed by atoms with Crippen LogP contribution in [0.4, 0.5) is 0 Å². The second-order valence-electron chi connectivity index (χ2n) is 4.39. The van der Waals surface area contributed by atoms with E-state index in [4.69, 9.17) is 24.4 Å². The summed E-state index contributed by atoms with van der Waals surface area (Å²) in [6.45, 7) is 1.73. The van der Waals surface area contributed by atoms with Crippen molar-refractivity contribution < 1.29 is 34.6 Å². The first kappa shape index (κ1) is 21.3. The van der Waals surface area contributed by atoms with Crippen molar-refractivity contribution in [3.8, 4) is 5.75 Å². The molecule has 23 heavy (non-hydrogen) atoms. The van der Waals surface area contributed by atoms with Crippen LogP contribution in [-0.2, 0) is 10.4 Å². The van der Waals surface area contributed by atoms with Crippen LogP contribution in [0.5, 0.6) is 5.75 Å². The summed E-state index contributed by atoms with van der Waals surface area (Å²) in [5, 5.41) is 27.3. The van der Waals surface area contributed by atoms with Gasteiger partial charge in [-0.3, -0.25) is 0 Å². The molecule has 0 spiro atoms. The number of phenols is 1. The highest BCUT2D eigenvalue weighted by Gasteiger charge is 2.21. The first-order valence-electron chi connectivity index (χ1n) is 6.59. The highest BCUT2D eigenvalue weighted by molar-refractivity contribution is 7.45. The van der Waals surface area contributed by atoms with Gasteiger partial charge >= 0.3 is 7.82 Å². The van der Waals surface area contributed by atoms with Crippen LogP contribution >= 0.6 is 7.82 Å². The summed E-state index contributed by atoms with van der Waals surface area (Å²) in [5.41, 5.74) is 0.544. The third-order valence-corrected chi connectivity index (χ3v) is 2.49. The summed E-state index contributed by atoms with van der Waals surface area (Å²) >= 11 is 0. The second kappa shape index (κ2) is 10.1. The van der Waals surface area contributed by atoms with E-state index in [1.807, 2.05) is 12.1 Å². The van der Waals surface area contributed by atoms with Crippen molar-refractivity contribution in [3.63, 3.8) is 0 Å². The molecule has 0 atom stereocenters. The molecule has 0 bridgehead atoms. The monoisotopic (exact) mass is 344 g/mol. The third-order valence-electron chi connectivity index (χ3n) is 2.49. The Kier molecular flexibility index (Phi) is 9.36. The Morgan fingerprint density at radius 3 is 1.48 bits per heavy atom. The van der Waals surface area contributed by atoms with Gasteiger partial charge in [0.05, 0.1) is 0 Å². The number of aliphatic hydroxyl groups is 2. The molecule has 8 heteroatoms. The molecular formula is C15H21O7P. The number of hydrogen-bond acceptors (Lipinski definition) is 4. The molecule has 128 valence electrons. The van der Waals surface area contributed by atoms with Gasteiger partial charge in [0, 0.05) is 12.0 Å². The van der Waals surface area contributed by atoms with E-state index >= 15 is 0 Å². The molecule has 0 aromatic heterocycles. The number of aromatic hydroxyl groups is 1. The first-order chi connectivity index (χ1) is 10.6. The molecule has 0 saturated heterocycles. The third kappa shape index (κ3) is 12.5. The van der Waals surface area contributed by atoms with Crippen LogP contribution in [0.15, 0.2) is 60.7 Å². The average molecular weight is 344 g/mol. The maximum absolute atomic E-state index is 9.35. The zero-order valence-electron chi connectivity index (χ0n) is 12.5. The van der Waals surface area contributed by atoms with Crippen LogP contribution < -0.4 is 0 Å². The largest absolute Gasteiger partial charge is 0.508 e. The summed E-state index contributed by atoms with van der Waals surface area (Å²) in [4.78, 5) is 21.6. The molecule has 7 nitrogen and oxygen atoms in total. The first-order valence-corrected chi connectivity index (χ1v) is 8.15. The lowest BCUT2D eigenvalue weighted by Crippen LogP contribution is -2.23. The quantitative estimate of drug-likeness (QED) is 0.360. The van der Waals surface area contributed by atoms with Gasteiger partial charge in [-0.25, -0.2) is 4.57 Å². The lowest BCUT2D eigenvalue weighted by molar-refractivity contribution is -0.171. The van der Waals surface area contributed by atoms with Crippen molar-refractivity contribution in [3.05, 3.63) is 66.2 Å². The van der Waals surface area contributed by atoms with E-state index in [1.165, 1.54) is 0 Å².